The summed E-state index contributed by atoms with van der Waals surface area (Å²) in [6, 6.07) is 5.31. The number of nitrogens with zero attached hydrogens (tertiary/aromatic N) is 3. The van der Waals surface area contributed by atoms with Gasteiger partial charge in [-0.1, -0.05) is 24.6 Å². The summed E-state index contributed by atoms with van der Waals surface area (Å²) >= 11 is 0. The lowest BCUT2D eigenvalue weighted by atomic mass is 10.2. The van der Waals surface area contributed by atoms with E-state index in [0.29, 0.717) is 24.5 Å². The number of nitrogens with one attached hydrogen (secondary N) is 1. The molecular formula is C20H32N4O4S. The molecule has 29 heavy (non-hydrogen) atoms. The van der Waals surface area contributed by atoms with E-state index >= 15 is 0 Å². The number of amides is 2. The first-order chi connectivity index (χ1) is 13.6. The number of rotatable bonds is 8. The van der Waals surface area contributed by atoms with Crippen molar-refractivity contribution in [3.05, 3.63) is 29.3 Å². The summed E-state index contributed by atoms with van der Waals surface area (Å²) in [5.74, 6) is -0.203. The molecule has 1 N–H and O–H groups in total. The molecule has 0 unspecified atom stereocenters. The highest BCUT2D eigenvalue weighted by molar-refractivity contribution is 7.89. The van der Waals surface area contributed by atoms with Gasteiger partial charge in [-0.3, -0.25) is 14.5 Å². The molecular weight excluding hydrogens is 392 g/mol. The molecule has 162 valence electrons. The van der Waals surface area contributed by atoms with E-state index in [0.717, 1.165) is 17.5 Å². The van der Waals surface area contributed by atoms with E-state index in [-0.39, 0.29) is 38.0 Å². The van der Waals surface area contributed by atoms with Crippen LogP contribution in [-0.4, -0.2) is 87.2 Å². The molecule has 0 aliphatic carbocycles. The van der Waals surface area contributed by atoms with Crippen molar-refractivity contribution in [3.63, 3.8) is 0 Å². The zero-order valence-corrected chi connectivity index (χ0v) is 18.6. The molecule has 9 heteroatoms. The van der Waals surface area contributed by atoms with E-state index in [2.05, 4.69) is 5.32 Å². The first-order valence-electron chi connectivity index (χ1n) is 9.95. The van der Waals surface area contributed by atoms with Gasteiger partial charge in [0.25, 0.3) is 0 Å². The summed E-state index contributed by atoms with van der Waals surface area (Å²) < 4.78 is 27.3. The maximum atomic E-state index is 13.0. The third-order valence-electron chi connectivity index (χ3n) is 4.93. The van der Waals surface area contributed by atoms with Crippen molar-refractivity contribution in [2.24, 2.45) is 0 Å². The summed E-state index contributed by atoms with van der Waals surface area (Å²) in [7, 11) is -1.85. The van der Waals surface area contributed by atoms with Crippen molar-refractivity contribution >= 4 is 21.8 Å². The van der Waals surface area contributed by atoms with Crippen molar-refractivity contribution in [2.75, 3.05) is 52.9 Å². The zero-order chi connectivity index (χ0) is 21.6. The number of benzene rings is 1. The number of hydrogen-bond acceptors (Lipinski definition) is 5. The third kappa shape index (κ3) is 6.25. The Morgan fingerprint density at radius 1 is 1.10 bits per heavy atom. The minimum absolute atomic E-state index is 0.0978. The van der Waals surface area contributed by atoms with E-state index in [1.165, 1.54) is 4.31 Å². The number of likely N-dealkylation sites (N-methyl/N-ethyl adjacent to an activating group) is 1. The van der Waals surface area contributed by atoms with Crippen LogP contribution < -0.4 is 5.32 Å². The average molecular weight is 425 g/mol. The quantitative estimate of drug-likeness (QED) is 0.660. The van der Waals surface area contributed by atoms with Crippen LogP contribution in [0.1, 0.15) is 24.5 Å². The number of sulfonamides is 1. The minimum Gasteiger partial charge on any atom is -0.355 e. The molecule has 1 heterocycles. The van der Waals surface area contributed by atoms with Gasteiger partial charge in [0.15, 0.2) is 0 Å². The lowest BCUT2D eigenvalue weighted by Crippen LogP contribution is -2.52. The molecule has 1 aliphatic heterocycles. The average Bonchev–Trinajstić information content (AvgIpc) is 2.66. The summed E-state index contributed by atoms with van der Waals surface area (Å²) in [5, 5.41) is 2.78. The van der Waals surface area contributed by atoms with Crippen molar-refractivity contribution in [2.45, 2.75) is 32.1 Å². The Labute approximate surface area is 173 Å². The highest BCUT2D eigenvalue weighted by atomic mass is 32.2. The van der Waals surface area contributed by atoms with Crippen LogP contribution in [0.4, 0.5) is 0 Å². The third-order valence-corrected chi connectivity index (χ3v) is 6.99. The van der Waals surface area contributed by atoms with E-state index < -0.39 is 10.0 Å². The van der Waals surface area contributed by atoms with E-state index in [1.54, 1.807) is 35.9 Å². The lowest BCUT2D eigenvalue weighted by molar-refractivity contribution is -0.133. The van der Waals surface area contributed by atoms with Crippen molar-refractivity contribution in [3.8, 4) is 0 Å². The molecule has 0 saturated carbocycles. The maximum absolute atomic E-state index is 13.0. The Kier molecular flexibility index (Phi) is 8.18. The second kappa shape index (κ2) is 10.2. The number of piperazine rings is 1. The molecule has 1 aromatic rings. The highest BCUT2D eigenvalue weighted by Crippen LogP contribution is 2.22. The van der Waals surface area contributed by atoms with Crippen LogP contribution in [0.25, 0.3) is 0 Å². The lowest BCUT2D eigenvalue weighted by Gasteiger charge is -2.35. The Hall–Kier alpha value is -1.97. The monoisotopic (exact) mass is 424 g/mol. The van der Waals surface area contributed by atoms with Gasteiger partial charge in [0.05, 0.1) is 18.0 Å². The molecule has 0 spiro atoms. The fourth-order valence-electron chi connectivity index (χ4n) is 3.36. The number of carbonyl (C=O) groups is 2. The van der Waals surface area contributed by atoms with Gasteiger partial charge in [-0.25, -0.2) is 8.42 Å². The molecule has 1 aliphatic rings. The van der Waals surface area contributed by atoms with Gasteiger partial charge in [-0.05, 0) is 38.9 Å². The molecule has 0 radical (unpaired) electrons. The van der Waals surface area contributed by atoms with Crippen LogP contribution in [0, 0.1) is 13.8 Å². The highest BCUT2D eigenvalue weighted by Gasteiger charge is 2.31. The molecule has 0 bridgehead atoms. The number of aryl methyl sites for hydroxylation is 2. The van der Waals surface area contributed by atoms with Crippen LogP contribution in [0.5, 0.6) is 0 Å². The van der Waals surface area contributed by atoms with Crippen LogP contribution in [0.15, 0.2) is 23.1 Å². The zero-order valence-electron chi connectivity index (χ0n) is 17.8. The van der Waals surface area contributed by atoms with Gasteiger partial charge in [-0.2, -0.15) is 4.31 Å². The second-order valence-electron chi connectivity index (χ2n) is 7.58. The molecule has 1 aromatic carbocycles. The van der Waals surface area contributed by atoms with E-state index in [4.69, 9.17) is 0 Å². The fraction of sp³-hybridized carbons (Fsp3) is 0.600. The second-order valence-corrected chi connectivity index (χ2v) is 9.48. The summed E-state index contributed by atoms with van der Waals surface area (Å²) in [6.07, 6.45) is 0.865. The minimum atomic E-state index is -3.57. The molecule has 0 atom stereocenters. The van der Waals surface area contributed by atoms with Crippen LogP contribution >= 0.6 is 0 Å². The van der Waals surface area contributed by atoms with Crippen LogP contribution in [0.2, 0.25) is 0 Å². The van der Waals surface area contributed by atoms with Crippen LogP contribution in [0.3, 0.4) is 0 Å². The predicted molar refractivity (Wildman–Crippen MR) is 112 cm³/mol. The van der Waals surface area contributed by atoms with E-state index in [1.807, 2.05) is 19.9 Å². The van der Waals surface area contributed by atoms with Gasteiger partial charge < -0.3 is 10.2 Å². The van der Waals surface area contributed by atoms with Gasteiger partial charge >= 0.3 is 0 Å². The molecule has 0 aromatic heterocycles. The Balaban J connectivity index is 1.89. The normalized spacial score (nSPS) is 15.6. The number of hydrogen-bond donors (Lipinski definition) is 1. The molecule has 8 nitrogen and oxygen atoms in total. The van der Waals surface area contributed by atoms with Gasteiger partial charge in [0.1, 0.15) is 0 Å². The smallest absolute Gasteiger partial charge is 0.243 e. The van der Waals surface area contributed by atoms with Gasteiger partial charge in [-0.15, -0.1) is 0 Å². The summed E-state index contributed by atoms with van der Waals surface area (Å²) in [6.45, 7) is 7.84. The first-order valence-corrected chi connectivity index (χ1v) is 11.4. The fourth-order valence-corrected chi connectivity index (χ4v) is 4.99. The Morgan fingerprint density at radius 3 is 2.34 bits per heavy atom. The predicted octanol–water partition coefficient (Wildman–Crippen LogP) is 0.594. The maximum Gasteiger partial charge on any atom is 0.243 e. The standard InChI is InChI=1S/C20H32N4O4S/c1-5-8-21-19(25)14-22(4)15-20(26)23-9-11-24(12-10-23)29(27,28)18-7-6-16(2)13-17(18)3/h6-7,13H,5,8-12,14-15H2,1-4H3,(H,21,25). The number of carbonyl (C=O) groups excluding carboxylic acids is 2. The molecule has 1 saturated heterocycles. The topological polar surface area (TPSA) is 90.0 Å². The van der Waals surface area contributed by atoms with Crippen LogP contribution in [-0.2, 0) is 19.6 Å². The van der Waals surface area contributed by atoms with Gasteiger partial charge in [0, 0.05) is 32.7 Å². The van der Waals surface area contributed by atoms with Crippen molar-refractivity contribution in [1.29, 1.82) is 0 Å². The molecule has 2 rings (SSSR count). The SMILES string of the molecule is CCCNC(=O)CN(C)CC(=O)N1CCN(S(=O)(=O)c2ccc(C)cc2C)CC1. The molecule has 2 amide bonds. The summed E-state index contributed by atoms with van der Waals surface area (Å²) in [4.78, 5) is 27.9. The van der Waals surface area contributed by atoms with E-state index in [9.17, 15) is 18.0 Å². The van der Waals surface area contributed by atoms with Gasteiger partial charge in [0.2, 0.25) is 21.8 Å². The summed E-state index contributed by atoms with van der Waals surface area (Å²) in [5.41, 5.74) is 1.75. The molecule has 1 fully saturated rings. The Morgan fingerprint density at radius 2 is 1.76 bits per heavy atom. The van der Waals surface area contributed by atoms with Crippen molar-refractivity contribution < 1.29 is 18.0 Å². The largest absolute Gasteiger partial charge is 0.355 e. The Bertz CT molecular complexity index is 833. The first kappa shape index (κ1) is 23.3. The van der Waals surface area contributed by atoms with Crippen molar-refractivity contribution in [1.82, 2.24) is 19.4 Å².